The number of amides is 1. The van der Waals surface area contributed by atoms with E-state index in [0.29, 0.717) is 12.4 Å². The van der Waals surface area contributed by atoms with Crippen molar-refractivity contribution in [3.8, 4) is 11.4 Å². The number of hydrogen-bond acceptors (Lipinski definition) is 4. The van der Waals surface area contributed by atoms with Crippen LogP contribution in [0.15, 0.2) is 49.1 Å². The molecule has 0 spiro atoms. The molecule has 2 heterocycles. The summed E-state index contributed by atoms with van der Waals surface area (Å²) < 4.78 is 1.75. The molecule has 2 aromatic heterocycles. The number of benzene rings is 1. The maximum Gasteiger partial charge on any atom is 0.229 e. The first-order valence-electron chi connectivity index (χ1n) is 6.96. The van der Waals surface area contributed by atoms with Crippen LogP contribution in [0.5, 0.6) is 0 Å². The fourth-order valence-corrected chi connectivity index (χ4v) is 2.13. The Balaban J connectivity index is 1.67. The highest BCUT2D eigenvalue weighted by Crippen LogP contribution is 2.19. The van der Waals surface area contributed by atoms with Crippen molar-refractivity contribution in [3.05, 3.63) is 49.1 Å². The van der Waals surface area contributed by atoms with Crippen LogP contribution in [0.25, 0.3) is 11.4 Å². The monoisotopic (exact) mass is 296 g/mol. The zero-order valence-electron chi connectivity index (χ0n) is 12.1. The Kier molecular flexibility index (Phi) is 3.95. The van der Waals surface area contributed by atoms with E-state index in [4.69, 9.17) is 0 Å². The molecule has 1 amide bonds. The molecular weight excluding hydrogens is 280 g/mol. The van der Waals surface area contributed by atoms with E-state index in [0.717, 1.165) is 11.3 Å². The number of nitrogens with zero attached hydrogens (tertiary/aromatic N) is 4. The Morgan fingerprint density at radius 3 is 3.05 bits per heavy atom. The SMILES string of the molecule is C[C@H](Cn1cccn1)C(=O)Nc1cccc(-c2ncn[nH]2)c1. The van der Waals surface area contributed by atoms with Crippen molar-refractivity contribution in [2.45, 2.75) is 13.5 Å². The molecule has 1 aromatic carbocycles. The Hall–Kier alpha value is -2.96. The zero-order chi connectivity index (χ0) is 15.4. The second-order valence-electron chi connectivity index (χ2n) is 5.03. The van der Waals surface area contributed by atoms with Crippen molar-refractivity contribution in [2.24, 2.45) is 5.92 Å². The highest BCUT2D eigenvalue weighted by atomic mass is 16.1. The van der Waals surface area contributed by atoms with Gasteiger partial charge in [-0.2, -0.15) is 10.2 Å². The topological polar surface area (TPSA) is 88.5 Å². The summed E-state index contributed by atoms with van der Waals surface area (Å²) >= 11 is 0. The average Bonchev–Trinajstić information content (AvgIpc) is 3.21. The van der Waals surface area contributed by atoms with E-state index in [-0.39, 0.29) is 11.8 Å². The third kappa shape index (κ3) is 3.20. The number of nitrogens with one attached hydrogen (secondary N) is 2. The largest absolute Gasteiger partial charge is 0.326 e. The first-order chi connectivity index (χ1) is 10.7. The van der Waals surface area contributed by atoms with Crippen LogP contribution in [0, 0.1) is 5.92 Å². The van der Waals surface area contributed by atoms with Crippen molar-refractivity contribution < 1.29 is 4.79 Å². The molecule has 0 radical (unpaired) electrons. The minimum atomic E-state index is -0.186. The summed E-state index contributed by atoms with van der Waals surface area (Å²) in [5, 5.41) is 13.7. The van der Waals surface area contributed by atoms with E-state index in [1.165, 1.54) is 6.33 Å². The zero-order valence-corrected chi connectivity index (χ0v) is 12.1. The van der Waals surface area contributed by atoms with E-state index in [1.807, 2.05) is 43.5 Å². The van der Waals surface area contributed by atoms with Crippen molar-refractivity contribution in [2.75, 3.05) is 5.32 Å². The molecule has 1 atom stereocenters. The Bertz CT molecular complexity index is 735. The van der Waals surface area contributed by atoms with Gasteiger partial charge in [0.1, 0.15) is 6.33 Å². The lowest BCUT2D eigenvalue weighted by molar-refractivity contribution is -0.119. The summed E-state index contributed by atoms with van der Waals surface area (Å²) in [7, 11) is 0. The van der Waals surface area contributed by atoms with Crippen LogP contribution >= 0.6 is 0 Å². The Morgan fingerprint density at radius 1 is 1.41 bits per heavy atom. The lowest BCUT2D eigenvalue weighted by Crippen LogP contribution is -2.24. The summed E-state index contributed by atoms with van der Waals surface area (Å²) in [5.41, 5.74) is 1.60. The number of carbonyl (C=O) groups is 1. The predicted molar refractivity (Wildman–Crippen MR) is 81.8 cm³/mol. The highest BCUT2D eigenvalue weighted by Gasteiger charge is 2.14. The van der Waals surface area contributed by atoms with Crippen LogP contribution in [0.1, 0.15) is 6.92 Å². The van der Waals surface area contributed by atoms with Crippen molar-refractivity contribution in [1.29, 1.82) is 0 Å². The second-order valence-corrected chi connectivity index (χ2v) is 5.03. The van der Waals surface area contributed by atoms with Gasteiger partial charge in [0, 0.05) is 23.6 Å². The van der Waals surface area contributed by atoms with Gasteiger partial charge in [0.2, 0.25) is 5.91 Å². The lowest BCUT2D eigenvalue weighted by atomic mass is 10.1. The quantitative estimate of drug-likeness (QED) is 0.753. The molecule has 2 N–H and O–H groups in total. The summed E-state index contributed by atoms with van der Waals surface area (Å²) in [6, 6.07) is 9.32. The standard InChI is InChI=1S/C15H16N6O/c1-11(9-21-7-3-6-18-21)15(22)19-13-5-2-4-12(8-13)14-16-10-17-20-14/h2-8,10-11H,9H2,1H3,(H,19,22)(H,16,17,20)/t11-/m1/s1. The van der Waals surface area contributed by atoms with Gasteiger partial charge in [0.05, 0.1) is 12.5 Å². The number of H-pyrrole nitrogens is 1. The smallest absolute Gasteiger partial charge is 0.229 e. The molecule has 22 heavy (non-hydrogen) atoms. The van der Waals surface area contributed by atoms with Crippen molar-refractivity contribution in [3.63, 3.8) is 0 Å². The lowest BCUT2D eigenvalue weighted by Gasteiger charge is -2.12. The normalized spacial score (nSPS) is 12.0. The fourth-order valence-electron chi connectivity index (χ4n) is 2.13. The van der Waals surface area contributed by atoms with E-state index >= 15 is 0 Å². The molecular formula is C15H16N6O. The maximum atomic E-state index is 12.2. The third-order valence-electron chi connectivity index (χ3n) is 3.29. The van der Waals surface area contributed by atoms with Gasteiger partial charge >= 0.3 is 0 Å². The number of anilines is 1. The van der Waals surface area contributed by atoms with Gasteiger partial charge in [-0.3, -0.25) is 14.6 Å². The van der Waals surface area contributed by atoms with Crippen LogP contribution < -0.4 is 5.32 Å². The molecule has 0 aliphatic heterocycles. The highest BCUT2D eigenvalue weighted by molar-refractivity contribution is 5.92. The number of carbonyl (C=O) groups excluding carboxylic acids is 1. The first kappa shape index (κ1) is 14.0. The van der Waals surface area contributed by atoms with Crippen LogP contribution in [0.4, 0.5) is 5.69 Å². The van der Waals surface area contributed by atoms with Gasteiger partial charge in [-0.1, -0.05) is 19.1 Å². The van der Waals surface area contributed by atoms with Crippen LogP contribution in [0.3, 0.4) is 0 Å². The summed E-state index contributed by atoms with van der Waals surface area (Å²) in [6.07, 6.45) is 4.99. The van der Waals surface area contributed by atoms with E-state index < -0.39 is 0 Å². The van der Waals surface area contributed by atoms with E-state index in [9.17, 15) is 4.79 Å². The number of hydrogen-bond donors (Lipinski definition) is 2. The molecule has 7 heteroatoms. The Labute approximate surface area is 127 Å². The molecule has 7 nitrogen and oxygen atoms in total. The van der Waals surface area contributed by atoms with Gasteiger partial charge < -0.3 is 5.32 Å². The molecule has 0 saturated carbocycles. The first-order valence-corrected chi connectivity index (χ1v) is 6.96. The van der Waals surface area contributed by atoms with Gasteiger partial charge in [-0.05, 0) is 18.2 Å². The molecule has 112 valence electrons. The molecule has 0 aliphatic carbocycles. The predicted octanol–water partition coefficient (Wildman–Crippen LogP) is 1.94. The van der Waals surface area contributed by atoms with Crippen molar-refractivity contribution in [1.82, 2.24) is 25.0 Å². The number of aromatic amines is 1. The fraction of sp³-hybridized carbons (Fsp3) is 0.200. The molecule has 0 fully saturated rings. The van der Waals surface area contributed by atoms with Gasteiger partial charge in [0.15, 0.2) is 5.82 Å². The van der Waals surface area contributed by atoms with Crippen LogP contribution in [-0.2, 0) is 11.3 Å². The maximum absolute atomic E-state index is 12.2. The van der Waals surface area contributed by atoms with E-state index in [2.05, 4.69) is 25.6 Å². The summed E-state index contributed by atoms with van der Waals surface area (Å²) in [6.45, 7) is 2.41. The second kappa shape index (κ2) is 6.21. The molecule has 3 aromatic rings. The van der Waals surface area contributed by atoms with Gasteiger partial charge in [0.25, 0.3) is 0 Å². The minimum absolute atomic E-state index is 0.0507. The third-order valence-corrected chi connectivity index (χ3v) is 3.29. The van der Waals surface area contributed by atoms with Crippen molar-refractivity contribution >= 4 is 11.6 Å². The van der Waals surface area contributed by atoms with Crippen LogP contribution in [0.2, 0.25) is 0 Å². The molecule has 0 unspecified atom stereocenters. The molecule has 0 bridgehead atoms. The van der Waals surface area contributed by atoms with E-state index in [1.54, 1.807) is 10.9 Å². The number of rotatable bonds is 5. The molecule has 3 rings (SSSR count). The molecule has 0 aliphatic rings. The summed E-state index contributed by atoms with van der Waals surface area (Å²) in [5.74, 6) is 0.430. The van der Waals surface area contributed by atoms with Crippen LogP contribution in [-0.4, -0.2) is 30.9 Å². The average molecular weight is 296 g/mol. The molecule has 0 saturated heterocycles. The number of aromatic nitrogens is 5. The van der Waals surface area contributed by atoms with Gasteiger partial charge in [-0.15, -0.1) is 0 Å². The minimum Gasteiger partial charge on any atom is -0.326 e. The Morgan fingerprint density at radius 2 is 2.32 bits per heavy atom. The van der Waals surface area contributed by atoms with Gasteiger partial charge in [-0.25, -0.2) is 4.98 Å². The summed E-state index contributed by atoms with van der Waals surface area (Å²) in [4.78, 5) is 16.3.